The normalized spacial score (nSPS) is 10.0. The summed E-state index contributed by atoms with van der Waals surface area (Å²) in [5.74, 6) is 3.03. The lowest BCUT2D eigenvalue weighted by Crippen LogP contribution is -1.90. The molecule has 72 valence electrons. The Balaban J connectivity index is 2.79. The van der Waals surface area contributed by atoms with Gasteiger partial charge in [0.25, 0.3) is 0 Å². The molecule has 3 heteroatoms. The molecule has 1 aromatic rings. The van der Waals surface area contributed by atoms with Crippen molar-refractivity contribution in [2.75, 3.05) is 12.9 Å². The van der Waals surface area contributed by atoms with E-state index in [1.807, 2.05) is 17.8 Å². The Labute approximate surface area is 82.9 Å². The maximum absolute atomic E-state index is 9.21. The average molecular weight is 198 g/mol. The average Bonchev–Trinajstić information content (AvgIpc) is 2.16. The van der Waals surface area contributed by atoms with Crippen molar-refractivity contribution in [3.05, 3.63) is 23.8 Å². The standard InChI is InChI=1S/C10H14O2S/c1-3-13-7-8-4-5-9(11)6-10(8)12-2/h4-6,11H,3,7H2,1-2H3. The summed E-state index contributed by atoms with van der Waals surface area (Å²) in [4.78, 5) is 0. The van der Waals surface area contributed by atoms with Gasteiger partial charge in [-0.1, -0.05) is 13.0 Å². The fourth-order valence-corrected chi connectivity index (χ4v) is 1.73. The number of methoxy groups -OCH3 is 1. The number of ether oxygens (including phenoxy) is 1. The van der Waals surface area contributed by atoms with E-state index in [-0.39, 0.29) is 5.75 Å². The van der Waals surface area contributed by atoms with Crippen molar-refractivity contribution in [1.29, 1.82) is 0 Å². The molecule has 0 aromatic heterocycles. The fourth-order valence-electron chi connectivity index (χ4n) is 1.06. The smallest absolute Gasteiger partial charge is 0.126 e. The van der Waals surface area contributed by atoms with Gasteiger partial charge >= 0.3 is 0 Å². The molecule has 2 nitrogen and oxygen atoms in total. The van der Waals surface area contributed by atoms with Crippen molar-refractivity contribution in [2.45, 2.75) is 12.7 Å². The summed E-state index contributed by atoms with van der Waals surface area (Å²) >= 11 is 1.83. The van der Waals surface area contributed by atoms with E-state index in [2.05, 4.69) is 6.92 Å². The third-order valence-electron chi connectivity index (χ3n) is 1.73. The molecule has 0 bridgehead atoms. The van der Waals surface area contributed by atoms with Crippen molar-refractivity contribution in [3.8, 4) is 11.5 Å². The first kappa shape index (κ1) is 10.3. The largest absolute Gasteiger partial charge is 0.508 e. The van der Waals surface area contributed by atoms with E-state index >= 15 is 0 Å². The quantitative estimate of drug-likeness (QED) is 0.806. The number of hydrogen-bond donors (Lipinski definition) is 1. The first-order valence-electron chi connectivity index (χ1n) is 4.21. The predicted octanol–water partition coefficient (Wildman–Crippen LogP) is 2.65. The molecular weight excluding hydrogens is 184 g/mol. The van der Waals surface area contributed by atoms with Crippen LogP contribution in [-0.4, -0.2) is 18.0 Å². The van der Waals surface area contributed by atoms with Gasteiger partial charge in [-0.15, -0.1) is 0 Å². The number of phenolic OH excluding ortho intramolecular Hbond substituents is 1. The van der Waals surface area contributed by atoms with Gasteiger partial charge in [0.1, 0.15) is 11.5 Å². The summed E-state index contributed by atoms with van der Waals surface area (Å²) in [5.41, 5.74) is 1.13. The van der Waals surface area contributed by atoms with E-state index in [1.54, 1.807) is 19.2 Å². The highest BCUT2D eigenvalue weighted by Gasteiger charge is 2.02. The molecule has 0 radical (unpaired) electrons. The van der Waals surface area contributed by atoms with E-state index in [0.717, 1.165) is 22.8 Å². The molecule has 0 unspecified atom stereocenters. The third kappa shape index (κ3) is 2.84. The fraction of sp³-hybridized carbons (Fsp3) is 0.400. The molecule has 0 atom stereocenters. The highest BCUT2D eigenvalue weighted by Crippen LogP contribution is 2.26. The molecule has 0 saturated carbocycles. The molecule has 0 aliphatic rings. The molecule has 13 heavy (non-hydrogen) atoms. The van der Waals surface area contributed by atoms with Gasteiger partial charge in [0, 0.05) is 17.4 Å². The summed E-state index contributed by atoms with van der Waals surface area (Å²) < 4.78 is 5.15. The number of aromatic hydroxyl groups is 1. The van der Waals surface area contributed by atoms with Crippen LogP contribution in [0.1, 0.15) is 12.5 Å². The van der Waals surface area contributed by atoms with Crippen molar-refractivity contribution in [2.24, 2.45) is 0 Å². The van der Waals surface area contributed by atoms with E-state index in [9.17, 15) is 5.11 Å². The lowest BCUT2D eigenvalue weighted by atomic mass is 10.2. The number of thioether (sulfide) groups is 1. The van der Waals surface area contributed by atoms with Crippen LogP contribution >= 0.6 is 11.8 Å². The van der Waals surface area contributed by atoms with E-state index in [0.29, 0.717) is 0 Å². The van der Waals surface area contributed by atoms with Gasteiger partial charge in [0.2, 0.25) is 0 Å². The minimum absolute atomic E-state index is 0.252. The number of phenols is 1. The molecule has 0 spiro atoms. The Morgan fingerprint density at radius 2 is 2.23 bits per heavy atom. The molecule has 0 aliphatic heterocycles. The Hall–Kier alpha value is -0.830. The summed E-state index contributed by atoms with van der Waals surface area (Å²) in [6, 6.07) is 5.23. The minimum Gasteiger partial charge on any atom is -0.508 e. The molecule has 1 rings (SSSR count). The van der Waals surface area contributed by atoms with Crippen LogP contribution in [0, 0.1) is 0 Å². The van der Waals surface area contributed by atoms with Crippen LogP contribution in [0.25, 0.3) is 0 Å². The van der Waals surface area contributed by atoms with Gasteiger partial charge in [-0.05, 0) is 11.8 Å². The number of benzene rings is 1. The van der Waals surface area contributed by atoms with E-state index in [1.165, 1.54) is 0 Å². The van der Waals surface area contributed by atoms with Crippen LogP contribution in [-0.2, 0) is 5.75 Å². The first-order valence-corrected chi connectivity index (χ1v) is 5.37. The highest BCUT2D eigenvalue weighted by molar-refractivity contribution is 7.98. The lowest BCUT2D eigenvalue weighted by Gasteiger charge is -2.07. The van der Waals surface area contributed by atoms with E-state index < -0.39 is 0 Å². The zero-order chi connectivity index (χ0) is 9.68. The van der Waals surface area contributed by atoms with Crippen molar-refractivity contribution >= 4 is 11.8 Å². The van der Waals surface area contributed by atoms with Crippen LogP contribution in [0.2, 0.25) is 0 Å². The molecule has 0 fully saturated rings. The van der Waals surface area contributed by atoms with Gasteiger partial charge in [0.05, 0.1) is 7.11 Å². The van der Waals surface area contributed by atoms with Gasteiger partial charge in [-0.2, -0.15) is 11.8 Å². The SMILES string of the molecule is CCSCc1ccc(O)cc1OC. The Bertz CT molecular complexity index is 274. The second kappa shape index (κ2) is 5.02. The molecule has 0 saturated heterocycles. The van der Waals surface area contributed by atoms with Gasteiger partial charge in [-0.3, -0.25) is 0 Å². The molecule has 0 amide bonds. The van der Waals surface area contributed by atoms with Gasteiger partial charge in [0.15, 0.2) is 0 Å². The number of rotatable bonds is 4. The zero-order valence-electron chi connectivity index (χ0n) is 7.91. The monoisotopic (exact) mass is 198 g/mol. The van der Waals surface area contributed by atoms with Crippen LogP contribution in [0.3, 0.4) is 0 Å². The van der Waals surface area contributed by atoms with Crippen molar-refractivity contribution in [3.63, 3.8) is 0 Å². The molecule has 1 N–H and O–H groups in total. The Morgan fingerprint density at radius 1 is 1.46 bits per heavy atom. The molecule has 1 aromatic carbocycles. The Kier molecular flexibility index (Phi) is 3.96. The second-order valence-corrected chi connectivity index (χ2v) is 3.91. The maximum atomic E-state index is 9.21. The summed E-state index contributed by atoms with van der Waals surface area (Å²) in [6.45, 7) is 2.12. The summed E-state index contributed by atoms with van der Waals surface area (Å²) in [6.07, 6.45) is 0. The summed E-state index contributed by atoms with van der Waals surface area (Å²) in [5, 5.41) is 9.21. The molecular formula is C10H14O2S. The minimum atomic E-state index is 0.252. The summed E-state index contributed by atoms with van der Waals surface area (Å²) in [7, 11) is 1.62. The first-order chi connectivity index (χ1) is 6.27. The second-order valence-electron chi connectivity index (χ2n) is 2.63. The van der Waals surface area contributed by atoms with Gasteiger partial charge in [-0.25, -0.2) is 0 Å². The van der Waals surface area contributed by atoms with Crippen molar-refractivity contribution in [1.82, 2.24) is 0 Å². The van der Waals surface area contributed by atoms with Crippen LogP contribution in [0.4, 0.5) is 0 Å². The van der Waals surface area contributed by atoms with Crippen molar-refractivity contribution < 1.29 is 9.84 Å². The lowest BCUT2D eigenvalue weighted by molar-refractivity contribution is 0.404. The third-order valence-corrected chi connectivity index (χ3v) is 2.66. The molecule has 0 heterocycles. The maximum Gasteiger partial charge on any atom is 0.126 e. The Morgan fingerprint density at radius 3 is 2.85 bits per heavy atom. The number of hydrogen-bond acceptors (Lipinski definition) is 3. The predicted molar refractivity (Wildman–Crippen MR) is 56.5 cm³/mol. The van der Waals surface area contributed by atoms with Crippen LogP contribution in [0.5, 0.6) is 11.5 Å². The molecule has 0 aliphatic carbocycles. The highest BCUT2D eigenvalue weighted by atomic mass is 32.2. The zero-order valence-corrected chi connectivity index (χ0v) is 8.73. The topological polar surface area (TPSA) is 29.5 Å². The van der Waals surface area contributed by atoms with Crippen LogP contribution < -0.4 is 4.74 Å². The van der Waals surface area contributed by atoms with Crippen LogP contribution in [0.15, 0.2) is 18.2 Å². The van der Waals surface area contributed by atoms with Gasteiger partial charge < -0.3 is 9.84 Å². The van der Waals surface area contributed by atoms with E-state index in [4.69, 9.17) is 4.74 Å².